The van der Waals surface area contributed by atoms with Gasteiger partial charge < -0.3 is 15.0 Å². The normalized spacial score (nSPS) is 18.9. The number of hydrogen-bond acceptors (Lipinski definition) is 3. The Hall–Kier alpha value is -1.55. The van der Waals surface area contributed by atoms with Crippen LogP contribution in [0.4, 0.5) is 0 Å². The smallest absolute Gasteiger partial charge is 0.239 e. The summed E-state index contributed by atoms with van der Waals surface area (Å²) in [6.07, 6.45) is 1.78. The average molecular weight is 276 g/mol. The van der Waals surface area contributed by atoms with Gasteiger partial charge in [-0.1, -0.05) is 32.0 Å². The van der Waals surface area contributed by atoms with Crippen molar-refractivity contribution in [1.82, 2.24) is 10.2 Å². The van der Waals surface area contributed by atoms with Crippen LogP contribution in [0, 0.1) is 0 Å². The molecule has 1 heterocycles. The number of rotatable bonds is 7. The molecule has 0 aromatic heterocycles. The quantitative estimate of drug-likeness (QED) is 0.775. The largest absolute Gasteiger partial charge is 0.494 e. The van der Waals surface area contributed by atoms with Gasteiger partial charge in [-0.15, -0.1) is 0 Å². The first-order valence-corrected chi connectivity index (χ1v) is 7.39. The summed E-state index contributed by atoms with van der Waals surface area (Å²) in [4.78, 5) is 14.1. The van der Waals surface area contributed by atoms with E-state index < -0.39 is 0 Å². The summed E-state index contributed by atoms with van der Waals surface area (Å²) in [5.41, 5.74) is 0. The summed E-state index contributed by atoms with van der Waals surface area (Å²) < 4.78 is 5.64. The fourth-order valence-electron chi connectivity index (χ4n) is 2.48. The Bertz CT molecular complexity index is 420. The monoisotopic (exact) mass is 276 g/mol. The van der Waals surface area contributed by atoms with Crippen LogP contribution < -0.4 is 10.1 Å². The molecule has 1 fully saturated rings. The van der Waals surface area contributed by atoms with E-state index in [1.807, 2.05) is 35.2 Å². The Kier molecular flexibility index (Phi) is 5.41. The maximum atomic E-state index is 12.1. The van der Waals surface area contributed by atoms with Gasteiger partial charge in [0.15, 0.2) is 0 Å². The highest BCUT2D eigenvalue weighted by Gasteiger charge is 2.31. The lowest BCUT2D eigenvalue weighted by molar-refractivity contribution is -0.129. The molecular weight excluding hydrogens is 252 g/mol. The molecule has 1 aliphatic heterocycles. The Morgan fingerprint density at radius 1 is 1.35 bits per heavy atom. The van der Waals surface area contributed by atoms with Gasteiger partial charge in [-0.2, -0.15) is 0 Å². The van der Waals surface area contributed by atoms with Gasteiger partial charge in [0, 0.05) is 19.1 Å². The van der Waals surface area contributed by atoms with E-state index in [9.17, 15) is 4.79 Å². The molecule has 1 aromatic carbocycles. The summed E-state index contributed by atoms with van der Waals surface area (Å²) in [5.74, 6) is 1.12. The number of benzene rings is 1. The van der Waals surface area contributed by atoms with E-state index in [1.165, 1.54) is 0 Å². The highest BCUT2D eigenvalue weighted by atomic mass is 16.5. The zero-order valence-electron chi connectivity index (χ0n) is 12.3. The number of para-hydroxylation sites is 1. The van der Waals surface area contributed by atoms with Crippen molar-refractivity contribution in [2.75, 3.05) is 19.7 Å². The number of likely N-dealkylation sites (tertiary alicyclic amines) is 1. The summed E-state index contributed by atoms with van der Waals surface area (Å²) >= 11 is 0. The molecule has 1 aromatic rings. The molecule has 0 radical (unpaired) electrons. The SMILES string of the molecule is CC(C)NC1CCN(CCCOc2ccccc2)C1=O. The number of hydrogen-bond donors (Lipinski definition) is 1. The van der Waals surface area contributed by atoms with Crippen molar-refractivity contribution >= 4 is 5.91 Å². The van der Waals surface area contributed by atoms with Gasteiger partial charge in [0.25, 0.3) is 0 Å². The molecule has 0 saturated carbocycles. The van der Waals surface area contributed by atoms with Crippen molar-refractivity contribution in [1.29, 1.82) is 0 Å². The molecule has 1 aliphatic rings. The lowest BCUT2D eigenvalue weighted by atomic mass is 10.2. The number of nitrogens with zero attached hydrogens (tertiary/aromatic N) is 1. The minimum Gasteiger partial charge on any atom is -0.494 e. The first-order valence-electron chi connectivity index (χ1n) is 7.39. The van der Waals surface area contributed by atoms with E-state index >= 15 is 0 Å². The van der Waals surface area contributed by atoms with Crippen molar-refractivity contribution in [2.45, 2.75) is 38.8 Å². The number of amides is 1. The minimum atomic E-state index is 0.00467. The average Bonchev–Trinajstić information content (AvgIpc) is 2.77. The maximum absolute atomic E-state index is 12.1. The van der Waals surface area contributed by atoms with Gasteiger partial charge in [-0.3, -0.25) is 4.79 Å². The molecule has 4 heteroatoms. The first-order chi connectivity index (χ1) is 9.66. The molecule has 0 aliphatic carbocycles. The van der Waals surface area contributed by atoms with Crippen molar-refractivity contribution in [3.8, 4) is 5.75 Å². The van der Waals surface area contributed by atoms with E-state index in [2.05, 4.69) is 19.2 Å². The molecular formula is C16H24N2O2. The van der Waals surface area contributed by atoms with Gasteiger partial charge >= 0.3 is 0 Å². The predicted octanol–water partition coefficient (Wildman–Crippen LogP) is 2.05. The third kappa shape index (κ3) is 4.23. The van der Waals surface area contributed by atoms with Crippen LogP contribution in [0.5, 0.6) is 5.75 Å². The van der Waals surface area contributed by atoms with Crippen LogP contribution in [0.2, 0.25) is 0 Å². The van der Waals surface area contributed by atoms with Crippen molar-refractivity contribution in [2.24, 2.45) is 0 Å². The fraction of sp³-hybridized carbons (Fsp3) is 0.562. The summed E-state index contributed by atoms with van der Waals surface area (Å²) in [5, 5.41) is 3.32. The van der Waals surface area contributed by atoms with Crippen molar-refractivity contribution in [3.63, 3.8) is 0 Å². The molecule has 1 amide bonds. The van der Waals surface area contributed by atoms with E-state index in [1.54, 1.807) is 0 Å². The van der Waals surface area contributed by atoms with Crippen molar-refractivity contribution in [3.05, 3.63) is 30.3 Å². The highest BCUT2D eigenvalue weighted by Crippen LogP contribution is 2.13. The number of carbonyl (C=O) groups excluding carboxylic acids is 1. The molecule has 1 N–H and O–H groups in total. The van der Waals surface area contributed by atoms with E-state index in [0.29, 0.717) is 12.6 Å². The van der Waals surface area contributed by atoms with Gasteiger partial charge in [-0.05, 0) is 25.0 Å². The van der Waals surface area contributed by atoms with Crippen LogP contribution in [0.3, 0.4) is 0 Å². The summed E-state index contributed by atoms with van der Waals surface area (Å²) in [7, 11) is 0. The minimum absolute atomic E-state index is 0.00467. The van der Waals surface area contributed by atoms with Crippen LogP contribution in [0.25, 0.3) is 0 Å². The van der Waals surface area contributed by atoms with Crippen LogP contribution in [-0.4, -0.2) is 42.6 Å². The molecule has 4 nitrogen and oxygen atoms in total. The number of carbonyl (C=O) groups is 1. The van der Waals surface area contributed by atoms with Gasteiger partial charge in [0.2, 0.25) is 5.91 Å². The third-order valence-corrected chi connectivity index (χ3v) is 3.42. The lowest BCUT2D eigenvalue weighted by Crippen LogP contribution is -2.41. The molecule has 1 saturated heterocycles. The Morgan fingerprint density at radius 2 is 2.10 bits per heavy atom. The molecule has 1 atom stereocenters. The van der Waals surface area contributed by atoms with E-state index in [0.717, 1.165) is 31.7 Å². The molecule has 0 bridgehead atoms. The zero-order chi connectivity index (χ0) is 14.4. The summed E-state index contributed by atoms with van der Waals surface area (Å²) in [6.45, 7) is 6.43. The molecule has 110 valence electrons. The zero-order valence-corrected chi connectivity index (χ0v) is 12.3. The first kappa shape index (κ1) is 14.9. The van der Waals surface area contributed by atoms with Crippen LogP contribution >= 0.6 is 0 Å². The standard InChI is InChI=1S/C16H24N2O2/c1-13(2)17-15-9-11-18(16(15)19)10-6-12-20-14-7-4-3-5-8-14/h3-5,7-8,13,15,17H,6,9-12H2,1-2H3. The van der Waals surface area contributed by atoms with Crippen molar-refractivity contribution < 1.29 is 9.53 Å². The number of nitrogens with one attached hydrogen (secondary N) is 1. The second-order valence-electron chi connectivity index (χ2n) is 5.50. The lowest BCUT2D eigenvalue weighted by Gasteiger charge is -2.18. The molecule has 2 rings (SSSR count). The van der Waals surface area contributed by atoms with Crippen LogP contribution in [-0.2, 0) is 4.79 Å². The van der Waals surface area contributed by atoms with Crippen LogP contribution in [0.15, 0.2) is 30.3 Å². The molecule has 1 unspecified atom stereocenters. The van der Waals surface area contributed by atoms with Gasteiger partial charge in [0.05, 0.1) is 12.6 Å². The third-order valence-electron chi connectivity index (χ3n) is 3.42. The second kappa shape index (κ2) is 7.29. The Balaban J connectivity index is 1.66. The van der Waals surface area contributed by atoms with Gasteiger partial charge in [0.1, 0.15) is 5.75 Å². The topological polar surface area (TPSA) is 41.6 Å². The maximum Gasteiger partial charge on any atom is 0.239 e. The summed E-state index contributed by atoms with van der Waals surface area (Å²) in [6, 6.07) is 10.1. The Morgan fingerprint density at radius 3 is 2.80 bits per heavy atom. The second-order valence-corrected chi connectivity index (χ2v) is 5.50. The highest BCUT2D eigenvalue weighted by molar-refractivity contribution is 5.83. The van der Waals surface area contributed by atoms with E-state index in [4.69, 9.17) is 4.74 Å². The Labute approximate surface area is 121 Å². The van der Waals surface area contributed by atoms with Crippen LogP contribution in [0.1, 0.15) is 26.7 Å². The van der Waals surface area contributed by atoms with E-state index in [-0.39, 0.29) is 11.9 Å². The van der Waals surface area contributed by atoms with Gasteiger partial charge in [-0.25, -0.2) is 0 Å². The molecule has 20 heavy (non-hydrogen) atoms. The fourth-order valence-corrected chi connectivity index (χ4v) is 2.48. The molecule has 0 spiro atoms. The number of ether oxygens (including phenoxy) is 1. The predicted molar refractivity (Wildman–Crippen MR) is 79.8 cm³/mol.